The molecule has 0 heterocycles. The van der Waals surface area contributed by atoms with E-state index in [1.54, 1.807) is 0 Å². The Hall–Kier alpha value is -0.310. The van der Waals surface area contributed by atoms with Crippen LogP contribution in [0.4, 0.5) is 0 Å². The molecule has 3 heteroatoms. The van der Waals surface area contributed by atoms with Crippen LogP contribution in [0.25, 0.3) is 0 Å². The van der Waals surface area contributed by atoms with Crippen LogP contribution in [0.1, 0.15) is 26.2 Å². The van der Waals surface area contributed by atoms with Gasteiger partial charge < -0.3 is 0 Å². The van der Waals surface area contributed by atoms with Gasteiger partial charge in [0.2, 0.25) is 0 Å². The Morgan fingerprint density at radius 2 is 2.00 bits per heavy atom. The van der Waals surface area contributed by atoms with E-state index in [4.69, 9.17) is 0 Å². The molecular formula is C7H14O2S. The zero-order chi connectivity index (χ0) is 8.04. The monoisotopic (exact) mass is 162 g/mol. The first-order chi connectivity index (χ1) is 4.62. The molecule has 0 amide bonds. The highest BCUT2D eigenvalue weighted by Gasteiger charge is 2.02. The fraction of sp³-hybridized carbons (Fsp3) is 0.714. The smallest absolute Gasteiger partial charge is 0.171 e. The number of hydrogen-bond acceptors (Lipinski definition) is 2. The van der Waals surface area contributed by atoms with Crippen molar-refractivity contribution < 1.29 is 8.42 Å². The van der Waals surface area contributed by atoms with E-state index in [2.05, 4.69) is 6.58 Å². The van der Waals surface area contributed by atoms with Crippen LogP contribution in [0.5, 0.6) is 0 Å². The van der Waals surface area contributed by atoms with Gasteiger partial charge in [-0.3, -0.25) is 0 Å². The summed E-state index contributed by atoms with van der Waals surface area (Å²) in [4.78, 5) is 0. The van der Waals surface area contributed by atoms with Gasteiger partial charge in [-0.25, -0.2) is 8.42 Å². The van der Waals surface area contributed by atoms with Crippen LogP contribution in [-0.4, -0.2) is 14.2 Å². The predicted octanol–water partition coefficient (Wildman–Crippen LogP) is 1.73. The molecule has 0 aliphatic carbocycles. The SMILES string of the molecule is C=CS(=O)(=O)CCCCC. The number of sulfone groups is 1. The zero-order valence-electron chi connectivity index (χ0n) is 6.34. The minimum absolute atomic E-state index is 0.254. The van der Waals surface area contributed by atoms with Gasteiger partial charge in [0.15, 0.2) is 9.84 Å². The van der Waals surface area contributed by atoms with Crippen molar-refractivity contribution in [3.8, 4) is 0 Å². The van der Waals surface area contributed by atoms with Gasteiger partial charge in [0.1, 0.15) is 0 Å². The van der Waals surface area contributed by atoms with Crippen molar-refractivity contribution in [1.82, 2.24) is 0 Å². The van der Waals surface area contributed by atoms with E-state index in [1.165, 1.54) is 0 Å². The first-order valence-electron chi connectivity index (χ1n) is 3.47. The molecule has 10 heavy (non-hydrogen) atoms. The highest BCUT2D eigenvalue weighted by Crippen LogP contribution is 1.99. The highest BCUT2D eigenvalue weighted by molar-refractivity contribution is 7.94. The molecule has 0 N–H and O–H groups in total. The molecule has 0 unspecified atom stereocenters. The molecule has 60 valence electrons. The summed E-state index contributed by atoms with van der Waals surface area (Å²) in [5, 5.41) is 1.03. The van der Waals surface area contributed by atoms with Crippen LogP contribution >= 0.6 is 0 Å². The summed E-state index contributed by atoms with van der Waals surface area (Å²) >= 11 is 0. The molecule has 0 aromatic carbocycles. The topological polar surface area (TPSA) is 34.1 Å². The van der Waals surface area contributed by atoms with E-state index in [0.717, 1.165) is 24.7 Å². The van der Waals surface area contributed by atoms with Gasteiger partial charge in [-0.2, -0.15) is 0 Å². The van der Waals surface area contributed by atoms with Crippen LogP contribution in [0.15, 0.2) is 12.0 Å². The van der Waals surface area contributed by atoms with Crippen molar-refractivity contribution in [2.24, 2.45) is 0 Å². The van der Waals surface area contributed by atoms with Gasteiger partial charge in [0, 0.05) is 5.41 Å². The van der Waals surface area contributed by atoms with Crippen molar-refractivity contribution in [3.05, 3.63) is 12.0 Å². The van der Waals surface area contributed by atoms with E-state index in [9.17, 15) is 8.42 Å². The lowest BCUT2D eigenvalue weighted by Crippen LogP contribution is -2.00. The Morgan fingerprint density at radius 3 is 2.40 bits per heavy atom. The van der Waals surface area contributed by atoms with Crippen molar-refractivity contribution in [1.29, 1.82) is 0 Å². The molecule has 2 nitrogen and oxygen atoms in total. The minimum Gasteiger partial charge on any atom is -0.224 e. The quantitative estimate of drug-likeness (QED) is 0.577. The standard InChI is InChI=1S/C7H14O2S/c1-3-5-6-7-10(8,9)4-2/h4H,2-3,5-7H2,1H3. The number of rotatable bonds is 5. The molecule has 0 saturated heterocycles. The summed E-state index contributed by atoms with van der Waals surface area (Å²) in [6.07, 6.45) is 2.78. The predicted molar refractivity (Wildman–Crippen MR) is 43.5 cm³/mol. The summed E-state index contributed by atoms with van der Waals surface area (Å²) in [5.41, 5.74) is 0. The molecule has 0 aliphatic rings. The van der Waals surface area contributed by atoms with Gasteiger partial charge >= 0.3 is 0 Å². The number of hydrogen-bond donors (Lipinski definition) is 0. The van der Waals surface area contributed by atoms with Crippen LogP contribution in [0.2, 0.25) is 0 Å². The second-order valence-corrected chi connectivity index (χ2v) is 4.31. The lowest BCUT2D eigenvalue weighted by Gasteiger charge is -1.95. The summed E-state index contributed by atoms with van der Waals surface area (Å²) < 4.78 is 21.5. The van der Waals surface area contributed by atoms with Gasteiger partial charge in [-0.1, -0.05) is 26.3 Å². The fourth-order valence-electron chi connectivity index (χ4n) is 0.637. The third kappa shape index (κ3) is 4.56. The molecule has 0 atom stereocenters. The van der Waals surface area contributed by atoms with Gasteiger partial charge in [0.05, 0.1) is 5.75 Å². The van der Waals surface area contributed by atoms with Crippen molar-refractivity contribution in [2.75, 3.05) is 5.75 Å². The molecule has 0 aromatic rings. The fourth-order valence-corrected chi connectivity index (χ4v) is 1.41. The molecule has 0 aromatic heterocycles. The Labute approximate surface area is 62.9 Å². The molecule has 0 saturated carbocycles. The normalized spacial score (nSPS) is 11.3. The van der Waals surface area contributed by atoms with Gasteiger partial charge in [0.25, 0.3) is 0 Å². The summed E-state index contributed by atoms with van der Waals surface area (Å²) in [6.45, 7) is 5.27. The van der Waals surface area contributed by atoms with Crippen LogP contribution in [-0.2, 0) is 9.84 Å². The first-order valence-corrected chi connectivity index (χ1v) is 5.19. The second-order valence-electron chi connectivity index (χ2n) is 2.24. The largest absolute Gasteiger partial charge is 0.224 e. The molecule has 0 bridgehead atoms. The van der Waals surface area contributed by atoms with Crippen LogP contribution < -0.4 is 0 Å². The Kier molecular flexibility index (Phi) is 4.36. The Balaban J connectivity index is 3.59. The molecule has 0 rings (SSSR count). The maximum absolute atomic E-state index is 10.8. The average molecular weight is 162 g/mol. The third-order valence-electron chi connectivity index (χ3n) is 1.29. The minimum atomic E-state index is -2.93. The van der Waals surface area contributed by atoms with Crippen molar-refractivity contribution >= 4 is 9.84 Å². The van der Waals surface area contributed by atoms with E-state index in [-0.39, 0.29) is 5.75 Å². The van der Waals surface area contributed by atoms with Crippen molar-refractivity contribution in [3.63, 3.8) is 0 Å². The van der Waals surface area contributed by atoms with Crippen molar-refractivity contribution in [2.45, 2.75) is 26.2 Å². The van der Waals surface area contributed by atoms with Crippen LogP contribution in [0.3, 0.4) is 0 Å². The summed E-state index contributed by atoms with van der Waals surface area (Å²) in [5.74, 6) is 0.254. The Morgan fingerprint density at radius 1 is 1.40 bits per heavy atom. The number of unbranched alkanes of at least 4 members (excludes halogenated alkanes) is 2. The average Bonchev–Trinajstić information content (AvgIpc) is 1.89. The maximum atomic E-state index is 10.8. The third-order valence-corrected chi connectivity index (χ3v) is 2.65. The summed E-state index contributed by atoms with van der Waals surface area (Å²) in [7, 11) is -2.93. The van der Waals surface area contributed by atoms with E-state index in [0.29, 0.717) is 0 Å². The first kappa shape index (κ1) is 9.69. The van der Waals surface area contributed by atoms with E-state index < -0.39 is 9.84 Å². The molecule has 0 radical (unpaired) electrons. The molecular weight excluding hydrogens is 148 g/mol. The Bertz CT molecular complexity index is 180. The lowest BCUT2D eigenvalue weighted by atomic mass is 10.3. The molecule has 0 fully saturated rings. The van der Waals surface area contributed by atoms with Crippen LogP contribution in [0, 0.1) is 0 Å². The highest BCUT2D eigenvalue weighted by atomic mass is 32.2. The molecule has 0 aliphatic heterocycles. The maximum Gasteiger partial charge on any atom is 0.171 e. The lowest BCUT2D eigenvalue weighted by molar-refractivity contribution is 0.599. The summed E-state index contributed by atoms with van der Waals surface area (Å²) in [6, 6.07) is 0. The second kappa shape index (κ2) is 4.50. The van der Waals surface area contributed by atoms with Gasteiger partial charge in [-0.15, -0.1) is 0 Å². The van der Waals surface area contributed by atoms with E-state index in [1.807, 2.05) is 6.92 Å². The molecule has 0 spiro atoms. The zero-order valence-corrected chi connectivity index (χ0v) is 7.15. The van der Waals surface area contributed by atoms with E-state index >= 15 is 0 Å². The van der Waals surface area contributed by atoms with Gasteiger partial charge in [-0.05, 0) is 6.42 Å².